The Morgan fingerprint density at radius 3 is 2.47 bits per heavy atom. The predicted octanol–water partition coefficient (Wildman–Crippen LogP) is 5.66. The molecule has 9 heteroatoms. The van der Waals surface area contributed by atoms with Crippen LogP contribution in [0.4, 0.5) is 11.4 Å². The summed E-state index contributed by atoms with van der Waals surface area (Å²) in [5, 5.41) is 3.26. The molecule has 0 radical (unpaired) electrons. The number of carbonyl (C=O) groups is 3. The number of benzene rings is 3. The molecule has 3 aromatic carbocycles. The molecule has 3 amide bonds. The van der Waals surface area contributed by atoms with Gasteiger partial charge in [-0.2, -0.15) is 0 Å². The summed E-state index contributed by atoms with van der Waals surface area (Å²) in [7, 11) is 0. The lowest BCUT2D eigenvalue weighted by atomic mass is 10.1. The van der Waals surface area contributed by atoms with Gasteiger partial charge in [0.15, 0.2) is 0 Å². The number of thioether (sulfide) groups is 1. The van der Waals surface area contributed by atoms with Crippen LogP contribution < -0.4 is 10.2 Å². The van der Waals surface area contributed by atoms with E-state index < -0.39 is 5.91 Å². The van der Waals surface area contributed by atoms with Gasteiger partial charge in [0.05, 0.1) is 22.2 Å². The maximum atomic E-state index is 13.6. The Kier molecular flexibility index (Phi) is 6.66. The summed E-state index contributed by atoms with van der Waals surface area (Å²) in [5.41, 5.74) is 2.91. The van der Waals surface area contributed by atoms with Crippen LogP contribution in [0.3, 0.4) is 0 Å². The van der Waals surface area contributed by atoms with Crippen molar-refractivity contribution in [2.75, 3.05) is 16.8 Å². The Bertz CT molecular complexity index is 1440. The lowest BCUT2D eigenvalue weighted by Crippen LogP contribution is -2.35. The van der Waals surface area contributed by atoms with Gasteiger partial charge in [-0.25, -0.2) is 0 Å². The highest BCUT2D eigenvalue weighted by atomic mass is 35.5. The van der Waals surface area contributed by atoms with Crippen molar-refractivity contribution in [2.24, 2.45) is 0 Å². The summed E-state index contributed by atoms with van der Waals surface area (Å²) in [6.07, 6.45) is 0. The third kappa shape index (κ3) is 4.43. The van der Waals surface area contributed by atoms with E-state index in [-0.39, 0.29) is 34.9 Å². The van der Waals surface area contributed by atoms with Gasteiger partial charge in [0.1, 0.15) is 10.9 Å². The summed E-state index contributed by atoms with van der Waals surface area (Å²) in [5.74, 6) is -1.11. The molecule has 180 valence electrons. The number of fused-ring (bicyclic) bond motifs is 1. The van der Waals surface area contributed by atoms with Crippen molar-refractivity contribution in [1.29, 1.82) is 0 Å². The van der Waals surface area contributed by atoms with Crippen molar-refractivity contribution in [3.05, 3.63) is 99.9 Å². The van der Waals surface area contributed by atoms with Crippen LogP contribution in [0.15, 0.2) is 83.8 Å². The standard InChI is InChI=1S/C27H20ClN3O3S2/c1-16(17-8-3-2-4-9-17)31-26(34)24(36-27(31)35)23-20-12-5-6-13-21(20)30(25(23)33)15-22(32)29-19-11-7-10-18(28)14-19/h2-14,16H,15H2,1H3,(H,29,32)/b24-23-. The Labute approximate surface area is 222 Å². The van der Waals surface area contributed by atoms with Crippen LogP contribution >= 0.6 is 35.6 Å². The first-order valence-electron chi connectivity index (χ1n) is 11.2. The molecule has 0 bridgehead atoms. The molecule has 1 saturated heterocycles. The number of amides is 3. The van der Waals surface area contributed by atoms with E-state index in [4.69, 9.17) is 23.8 Å². The molecule has 1 fully saturated rings. The van der Waals surface area contributed by atoms with Gasteiger partial charge in [0, 0.05) is 16.3 Å². The predicted molar refractivity (Wildman–Crippen MR) is 148 cm³/mol. The summed E-state index contributed by atoms with van der Waals surface area (Å²) < 4.78 is 0.390. The van der Waals surface area contributed by atoms with Crippen LogP contribution in [0.1, 0.15) is 24.1 Å². The number of rotatable bonds is 5. The zero-order chi connectivity index (χ0) is 25.4. The number of thiocarbonyl (C=S) groups is 1. The first kappa shape index (κ1) is 24.2. The number of hydrogen-bond acceptors (Lipinski definition) is 5. The van der Waals surface area contributed by atoms with Gasteiger partial charge < -0.3 is 5.32 Å². The van der Waals surface area contributed by atoms with E-state index in [1.165, 1.54) is 4.90 Å². The maximum absolute atomic E-state index is 13.6. The summed E-state index contributed by atoms with van der Waals surface area (Å²) in [6, 6.07) is 23.2. The Hall–Kier alpha value is -3.46. The minimum atomic E-state index is -0.412. The largest absolute Gasteiger partial charge is 0.324 e. The molecule has 0 spiro atoms. The van der Waals surface area contributed by atoms with Crippen molar-refractivity contribution in [2.45, 2.75) is 13.0 Å². The Morgan fingerprint density at radius 2 is 1.72 bits per heavy atom. The number of halogens is 1. The third-order valence-corrected chi connectivity index (χ3v) is 7.66. The van der Waals surface area contributed by atoms with Crippen molar-refractivity contribution in [3.63, 3.8) is 0 Å². The third-order valence-electron chi connectivity index (χ3n) is 6.03. The Morgan fingerprint density at radius 1 is 1.00 bits per heavy atom. The molecule has 0 aliphatic carbocycles. The van der Waals surface area contributed by atoms with Gasteiger partial charge in [-0.1, -0.05) is 90.2 Å². The summed E-state index contributed by atoms with van der Waals surface area (Å²) in [4.78, 5) is 43.2. The highest BCUT2D eigenvalue weighted by molar-refractivity contribution is 8.26. The number of nitrogens with zero attached hydrogens (tertiary/aromatic N) is 2. The average Bonchev–Trinajstić information content (AvgIpc) is 3.31. The molecule has 1 atom stereocenters. The van der Waals surface area contributed by atoms with Crippen molar-refractivity contribution in [3.8, 4) is 0 Å². The fourth-order valence-corrected chi connectivity index (χ4v) is 5.99. The molecule has 1 N–H and O–H groups in total. The first-order valence-corrected chi connectivity index (χ1v) is 12.8. The normalized spacial score (nSPS) is 18.0. The van der Waals surface area contributed by atoms with Crippen LogP contribution in [-0.4, -0.2) is 33.5 Å². The SMILES string of the molecule is CC(c1ccccc1)N1C(=O)/C(=C2/C(=O)N(CC(=O)Nc3cccc(Cl)c3)c3ccccc32)SC1=S. The second-order valence-corrected chi connectivity index (χ2v) is 10.4. The minimum Gasteiger partial charge on any atom is -0.324 e. The van der Waals surface area contributed by atoms with E-state index in [2.05, 4.69) is 5.32 Å². The molecule has 3 aromatic rings. The number of carbonyl (C=O) groups excluding carboxylic acids is 3. The van der Waals surface area contributed by atoms with Gasteiger partial charge in [0.2, 0.25) is 5.91 Å². The van der Waals surface area contributed by atoms with Crippen LogP contribution in [0.25, 0.3) is 5.57 Å². The van der Waals surface area contributed by atoms with E-state index in [0.717, 1.165) is 17.3 Å². The van der Waals surface area contributed by atoms with Crippen molar-refractivity contribution in [1.82, 2.24) is 4.90 Å². The van der Waals surface area contributed by atoms with Crippen molar-refractivity contribution < 1.29 is 14.4 Å². The molecule has 0 saturated carbocycles. The molecule has 6 nitrogen and oxygen atoms in total. The van der Waals surface area contributed by atoms with E-state index in [1.54, 1.807) is 53.4 Å². The quantitative estimate of drug-likeness (QED) is 0.338. The highest BCUT2D eigenvalue weighted by Crippen LogP contribution is 2.46. The van der Waals surface area contributed by atoms with Gasteiger partial charge >= 0.3 is 0 Å². The molecule has 36 heavy (non-hydrogen) atoms. The van der Waals surface area contributed by atoms with E-state index in [1.807, 2.05) is 37.3 Å². The minimum absolute atomic E-state index is 0.216. The smallest absolute Gasteiger partial charge is 0.267 e. The number of para-hydroxylation sites is 1. The first-order chi connectivity index (χ1) is 17.3. The van der Waals surface area contributed by atoms with Gasteiger partial charge in [-0.05, 0) is 36.8 Å². The van der Waals surface area contributed by atoms with Crippen LogP contribution in [0, 0.1) is 0 Å². The molecular weight excluding hydrogens is 514 g/mol. The highest BCUT2D eigenvalue weighted by Gasteiger charge is 2.43. The lowest BCUT2D eigenvalue weighted by molar-refractivity contribution is -0.123. The lowest BCUT2D eigenvalue weighted by Gasteiger charge is -2.23. The Balaban J connectivity index is 1.46. The fourth-order valence-electron chi connectivity index (χ4n) is 4.31. The van der Waals surface area contributed by atoms with Gasteiger partial charge in [-0.15, -0.1) is 0 Å². The van der Waals surface area contributed by atoms with E-state index >= 15 is 0 Å². The van der Waals surface area contributed by atoms with E-state index in [9.17, 15) is 14.4 Å². The summed E-state index contributed by atoms with van der Waals surface area (Å²) in [6.45, 7) is 1.69. The van der Waals surface area contributed by atoms with Crippen molar-refractivity contribution >= 4 is 74.6 Å². The number of anilines is 2. The van der Waals surface area contributed by atoms with Crippen LogP contribution in [0.2, 0.25) is 5.02 Å². The molecule has 0 aromatic heterocycles. The van der Waals surface area contributed by atoms with E-state index in [0.29, 0.717) is 26.3 Å². The second-order valence-electron chi connectivity index (χ2n) is 8.30. The second kappa shape index (κ2) is 9.89. The van der Waals surface area contributed by atoms with Gasteiger partial charge in [-0.3, -0.25) is 24.2 Å². The molecular formula is C27H20ClN3O3S2. The van der Waals surface area contributed by atoms with Crippen LogP contribution in [-0.2, 0) is 14.4 Å². The zero-order valence-corrected chi connectivity index (χ0v) is 21.5. The maximum Gasteiger partial charge on any atom is 0.267 e. The molecule has 1 unspecified atom stereocenters. The topological polar surface area (TPSA) is 69.7 Å². The van der Waals surface area contributed by atoms with Crippen LogP contribution in [0.5, 0.6) is 0 Å². The number of nitrogens with one attached hydrogen (secondary N) is 1. The monoisotopic (exact) mass is 533 g/mol. The number of hydrogen-bond donors (Lipinski definition) is 1. The fraction of sp³-hybridized carbons (Fsp3) is 0.111. The zero-order valence-electron chi connectivity index (χ0n) is 19.1. The molecule has 2 aliphatic rings. The molecule has 5 rings (SSSR count). The summed E-state index contributed by atoms with van der Waals surface area (Å²) >= 11 is 12.7. The average molecular weight is 534 g/mol. The molecule has 2 heterocycles. The van der Waals surface area contributed by atoms with Gasteiger partial charge in [0.25, 0.3) is 11.8 Å². The molecule has 2 aliphatic heterocycles.